The molecule has 0 bridgehead atoms. The zero-order valence-corrected chi connectivity index (χ0v) is 8.28. The normalized spacial score (nSPS) is 13.2. The van der Waals surface area contributed by atoms with Crippen LogP contribution >= 0.6 is 0 Å². The van der Waals surface area contributed by atoms with Gasteiger partial charge >= 0.3 is 0 Å². The third-order valence-electron chi connectivity index (χ3n) is 2.50. The lowest BCUT2D eigenvalue weighted by Gasteiger charge is -2.17. The molecule has 0 aliphatic carbocycles. The lowest BCUT2D eigenvalue weighted by Crippen LogP contribution is -2.01. The molecule has 0 saturated heterocycles. The minimum absolute atomic E-state index is 0.209. The summed E-state index contributed by atoms with van der Waals surface area (Å²) in [7, 11) is 0. The van der Waals surface area contributed by atoms with Crippen molar-refractivity contribution in [1.29, 1.82) is 0 Å². The van der Waals surface area contributed by atoms with Crippen molar-refractivity contribution in [1.82, 2.24) is 0 Å². The van der Waals surface area contributed by atoms with Gasteiger partial charge in [-0.05, 0) is 30.0 Å². The first-order chi connectivity index (χ1) is 6.02. The largest absolute Gasteiger partial charge is 0.508 e. The summed E-state index contributed by atoms with van der Waals surface area (Å²) in [4.78, 5) is 0. The number of phenolic OH excluding ortho intramolecular Hbond substituents is 2. The van der Waals surface area contributed by atoms with E-state index in [1.165, 1.54) is 12.1 Å². The Morgan fingerprint density at radius 3 is 2.23 bits per heavy atom. The third kappa shape index (κ3) is 2.14. The van der Waals surface area contributed by atoms with Gasteiger partial charge in [0.05, 0.1) is 0 Å². The van der Waals surface area contributed by atoms with E-state index < -0.39 is 0 Å². The number of hydrogen-bond donors (Lipinski definition) is 2. The first kappa shape index (κ1) is 9.90. The smallest absolute Gasteiger partial charge is 0.119 e. The molecule has 2 nitrogen and oxygen atoms in total. The molecule has 1 rings (SSSR count). The zero-order chi connectivity index (χ0) is 10.0. The molecule has 0 radical (unpaired) electrons. The van der Waals surface area contributed by atoms with Crippen molar-refractivity contribution in [2.75, 3.05) is 0 Å². The number of aromatic hydroxyl groups is 2. The molecular weight excluding hydrogens is 164 g/mol. The molecule has 1 aromatic carbocycles. The van der Waals surface area contributed by atoms with Crippen molar-refractivity contribution in [3.63, 3.8) is 0 Å². The van der Waals surface area contributed by atoms with Crippen molar-refractivity contribution in [3.05, 3.63) is 23.8 Å². The van der Waals surface area contributed by atoms with E-state index in [1.54, 1.807) is 6.07 Å². The van der Waals surface area contributed by atoms with Crippen LogP contribution in [-0.2, 0) is 0 Å². The minimum Gasteiger partial charge on any atom is -0.508 e. The lowest BCUT2D eigenvalue weighted by atomic mass is 9.89. The van der Waals surface area contributed by atoms with Gasteiger partial charge in [-0.3, -0.25) is 0 Å². The van der Waals surface area contributed by atoms with E-state index in [9.17, 15) is 10.2 Å². The van der Waals surface area contributed by atoms with Gasteiger partial charge < -0.3 is 10.2 Å². The maximum absolute atomic E-state index is 9.54. The second-order valence-electron chi connectivity index (χ2n) is 3.78. The summed E-state index contributed by atoms with van der Waals surface area (Å²) in [5.41, 5.74) is 0.815. The Bertz CT molecular complexity index is 292. The Morgan fingerprint density at radius 2 is 1.69 bits per heavy atom. The second-order valence-corrected chi connectivity index (χ2v) is 3.78. The number of hydrogen-bond acceptors (Lipinski definition) is 2. The van der Waals surface area contributed by atoms with Crippen LogP contribution in [0.3, 0.4) is 0 Å². The molecule has 1 atom stereocenters. The molecule has 0 heterocycles. The van der Waals surface area contributed by atoms with Gasteiger partial charge in [0.2, 0.25) is 0 Å². The van der Waals surface area contributed by atoms with E-state index in [1.807, 2.05) is 6.92 Å². The molecule has 0 aliphatic rings. The number of benzene rings is 1. The Kier molecular flexibility index (Phi) is 2.81. The molecule has 0 spiro atoms. The van der Waals surface area contributed by atoms with E-state index in [0.717, 1.165) is 5.56 Å². The van der Waals surface area contributed by atoms with Crippen LogP contribution in [0.4, 0.5) is 0 Å². The highest BCUT2D eigenvalue weighted by molar-refractivity contribution is 5.40. The topological polar surface area (TPSA) is 40.5 Å². The summed E-state index contributed by atoms with van der Waals surface area (Å²) in [5, 5.41) is 18.8. The molecular formula is C11H16O2. The van der Waals surface area contributed by atoms with Gasteiger partial charge in [-0.1, -0.05) is 20.8 Å². The van der Waals surface area contributed by atoms with Crippen LogP contribution in [0, 0.1) is 5.92 Å². The highest BCUT2D eigenvalue weighted by Crippen LogP contribution is 2.32. The van der Waals surface area contributed by atoms with Gasteiger partial charge in [0.1, 0.15) is 11.5 Å². The van der Waals surface area contributed by atoms with Crippen LogP contribution in [0.15, 0.2) is 18.2 Å². The lowest BCUT2D eigenvalue weighted by molar-refractivity contribution is 0.435. The van der Waals surface area contributed by atoms with Gasteiger partial charge in [-0.25, -0.2) is 0 Å². The van der Waals surface area contributed by atoms with Gasteiger partial charge in [0, 0.05) is 5.56 Å². The van der Waals surface area contributed by atoms with E-state index in [-0.39, 0.29) is 17.4 Å². The van der Waals surface area contributed by atoms with Crippen molar-refractivity contribution in [2.45, 2.75) is 26.7 Å². The molecule has 13 heavy (non-hydrogen) atoms. The van der Waals surface area contributed by atoms with Gasteiger partial charge in [0.15, 0.2) is 0 Å². The summed E-state index contributed by atoms with van der Waals surface area (Å²) < 4.78 is 0. The highest BCUT2D eigenvalue weighted by Gasteiger charge is 2.14. The summed E-state index contributed by atoms with van der Waals surface area (Å²) in [6.45, 7) is 6.22. The molecule has 0 fully saturated rings. The molecule has 0 aromatic heterocycles. The van der Waals surface area contributed by atoms with Crippen molar-refractivity contribution in [2.24, 2.45) is 5.92 Å². The fraction of sp³-hybridized carbons (Fsp3) is 0.455. The molecule has 1 aromatic rings. The molecule has 2 N–H and O–H groups in total. The van der Waals surface area contributed by atoms with Crippen molar-refractivity contribution < 1.29 is 10.2 Å². The van der Waals surface area contributed by atoms with Crippen LogP contribution in [0.5, 0.6) is 11.5 Å². The van der Waals surface area contributed by atoms with Crippen molar-refractivity contribution in [3.8, 4) is 11.5 Å². The Morgan fingerprint density at radius 1 is 1.08 bits per heavy atom. The molecule has 72 valence electrons. The molecule has 2 heteroatoms. The molecule has 0 saturated carbocycles. The van der Waals surface area contributed by atoms with E-state index in [2.05, 4.69) is 13.8 Å². The van der Waals surface area contributed by atoms with E-state index in [4.69, 9.17) is 0 Å². The predicted molar refractivity (Wildman–Crippen MR) is 53.0 cm³/mol. The molecule has 1 unspecified atom stereocenters. The van der Waals surface area contributed by atoms with Crippen molar-refractivity contribution >= 4 is 0 Å². The maximum atomic E-state index is 9.54. The van der Waals surface area contributed by atoms with E-state index >= 15 is 0 Å². The van der Waals surface area contributed by atoms with E-state index in [0.29, 0.717) is 5.92 Å². The monoisotopic (exact) mass is 180 g/mol. The molecule has 0 amide bonds. The number of phenols is 2. The first-order valence-electron chi connectivity index (χ1n) is 4.54. The van der Waals surface area contributed by atoms with Crippen LogP contribution in [0.2, 0.25) is 0 Å². The quantitative estimate of drug-likeness (QED) is 0.687. The minimum atomic E-state index is 0.209. The van der Waals surface area contributed by atoms with Gasteiger partial charge in [-0.2, -0.15) is 0 Å². The standard InChI is InChI=1S/C11H16O2/c1-7(2)8(3)10-6-9(12)4-5-11(10)13/h4-8,12-13H,1-3H3. The Labute approximate surface area is 78.8 Å². The van der Waals surface area contributed by atoms with Crippen LogP contribution < -0.4 is 0 Å². The van der Waals surface area contributed by atoms with Crippen LogP contribution in [0.1, 0.15) is 32.3 Å². The summed E-state index contributed by atoms with van der Waals surface area (Å²) in [6.07, 6.45) is 0. The zero-order valence-electron chi connectivity index (χ0n) is 8.28. The SMILES string of the molecule is CC(C)C(C)c1cc(O)ccc1O. The fourth-order valence-corrected chi connectivity index (χ4v) is 1.27. The first-order valence-corrected chi connectivity index (χ1v) is 4.54. The van der Waals surface area contributed by atoms with Gasteiger partial charge in [-0.15, -0.1) is 0 Å². The Hall–Kier alpha value is -1.18. The van der Waals surface area contributed by atoms with Crippen LogP contribution in [-0.4, -0.2) is 10.2 Å². The predicted octanol–water partition coefficient (Wildman–Crippen LogP) is 2.86. The Balaban J connectivity index is 3.05. The third-order valence-corrected chi connectivity index (χ3v) is 2.50. The summed E-state index contributed by atoms with van der Waals surface area (Å²) >= 11 is 0. The number of rotatable bonds is 2. The summed E-state index contributed by atoms with van der Waals surface area (Å²) in [5.74, 6) is 1.18. The van der Waals surface area contributed by atoms with Gasteiger partial charge in [0.25, 0.3) is 0 Å². The summed E-state index contributed by atoms with van der Waals surface area (Å²) in [6, 6.07) is 4.65. The van der Waals surface area contributed by atoms with Crippen LogP contribution in [0.25, 0.3) is 0 Å². The highest BCUT2D eigenvalue weighted by atomic mass is 16.3. The second kappa shape index (κ2) is 3.69. The fourth-order valence-electron chi connectivity index (χ4n) is 1.27. The maximum Gasteiger partial charge on any atom is 0.119 e. The molecule has 0 aliphatic heterocycles. The average molecular weight is 180 g/mol. The average Bonchev–Trinajstić information content (AvgIpc) is 2.08.